The summed E-state index contributed by atoms with van der Waals surface area (Å²) in [5.41, 5.74) is -0.339. The lowest BCUT2D eigenvalue weighted by Gasteiger charge is -2.12. The quantitative estimate of drug-likeness (QED) is 0.783. The highest BCUT2D eigenvalue weighted by Gasteiger charge is 2.18. The van der Waals surface area contributed by atoms with Crippen LogP contribution in [0, 0.1) is 0 Å². The minimum atomic E-state index is -4.03. The van der Waals surface area contributed by atoms with Gasteiger partial charge in [0.2, 0.25) is 5.91 Å². The largest absolute Gasteiger partial charge is 0.492 e. The average Bonchev–Trinajstić information content (AvgIpc) is 2.37. The Hall–Kier alpha value is -1.80. The van der Waals surface area contributed by atoms with E-state index >= 15 is 0 Å². The summed E-state index contributed by atoms with van der Waals surface area (Å²) >= 11 is 0. The van der Waals surface area contributed by atoms with Gasteiger partial charge in [0.15, 0.2) is 0 Å². The molecule has 116 valence electrons. The Morgan fingerprint density at radius 1 is 1.33 bits per heavy atom. The van der Waals surface area contributed by atoms with Crippen molar-refractivity contribution in [2.75, 3.05) is 20.7 Å². The van der Waals surface area contributed by atoms with Crippen molar-refractivity contribution in [2.24, 2.45) is 0 Å². The summed E-state index contributed by atoms with van der Waals surface area (Å²) in [5.74, 6) is -1.56. The van der Waals surface area contributed by atoms with Gasteiger partial charge >= 0.3 is 5.97 Å². The fourth-order valence-corrected chi connectivity index (χ4v) is 2.20. The maximum absolute atomic E-state index is 11.4. The Morgan fingerprint density at radius 2 is 1.95 bits per heavy atom. The van der Waals surface area contributed by atoms with Crippen LogP contribution in [-0.4, -0.2) is 51.0 Å². The van der Waals surface area contributed by atoms with Crippen molar-refractivity contribution in [3.8, 4) is 5.75 Å². The molecule has 0 bridgehead atoms. The zero-order valence-electron chi connectivity index (χ0n) is 11.4. The van der Waals surface area contributed by atoms with E-state index in [2.05, 4.69) is 0 Å². The van der Waals surface area contributed by atoms with Crippen LogP contribution < -0.4 is 4.74 Å². The van der Waals surface area contributed by atoms with Crippen LogP contribution in [0.15, 0.2) is 23.1 Å². The molecule has 0 saturated heterocycles. The molecule has 0 atom stereocenters. The van der Waals surface area contributed by atoms with Crippen LogP contribution in [0.25, 0.3) is 0 Å². The van der Waals surface area contributed by atoms with Gasteiger partial charge in [-0.25, -0.2) is 13.2 Å². The number of hydrogen-bond acceptors (Lipinski definition) is 5. The topological polar surface area (TPSA) is 101 Å². The lowest BCUT2D eigenvalue weighted by molar-refractivity contribution is -0.129. The van der Waals surface area contributed by atoms with Gasteiger partial charge < -0.3 is 14.7 Å². The Morgan fingerprint density at radius 3 is 2.43 bits per heavy atom. The molecule has 0 spiro atoms. The van der Waals surface area contributed by atoms with E-state index in [0.29, 0.717) is 0 Å². The monoisotopic (exact) mass is 335 g/mol. The summed E-state index contributed by atoms with van der Waals surface area (Å²) in [6, 6.07) is 3.24. The highest BCUT2D eigenvalue weighted by Crippen LogP contribution is 2.25. The van der Waals surface area contributed by atoms with Crippen molar-refractivity contribution < 1.29 is 27.9 Å². The minimum Gasteiger partial charge on any atom is -0.492 e. The van der Waals surface area contributed by atoms with Crippen LogP contribution in [0.2, 0.25) is 0 Å². The summed E-state index contributed by atoms with van der Waals surface area (Å²) in [5, 5.41) is 9.06. The van der Waals surface area contributed by atoms with Crippen LogP contribution in [0.4, 0.5) is 0 Å². The standard InChI is InChI=1S/C12H14ClNO6S/c1-14(2)11(15)5-6-20-10-4-3-8(21(13,18)19)7-9(10)12(16)17/h3-4,7H,5-6H2,1-2H3,(H,16,17). The van der Waals surface area contributed by atoms with E-state index < -0.39 is 15.0 Å². The summed E-state index contributed by atoms with van der Waals surface area (Å²) in [4.78, 5) is 23.5. The van der Waals surface area contributed by atoms with Crippen molar-refractivity contribution in [1.29, 1.82) is 0 Å². The first-order chi connectivity index (χ1) is 9.62. The van der Waals surface area contributed by atoms with Crippen molar-refractivity contribution in [3.63, 3.8) is 0 Å². The van der Waals surface area contributed by atoms with Gasteiger partial charge in [-0.1, -0.05) is 0 Å². The van der Waals surface area contributed by atoms with E-state index in [1.54, 1.807) is 14.1 Å². The summed E-state index contributed by atoms with van der Waals surface area (Å²) < 4.78 is 27.6. The Kier molecular flexibility index (Phi) is 5.56. The lowest BCUT2D eigenvalue weighted by Crippen LogP contribution is -2.23. The van der Waals surface area contributed by atoms with Crippen molar-refractivity contribution in [3.05, 3.63) is 23.8 Å². The highest BCUT2D eigenvalue weighted by atomic mass is 35.7. The molecule has 21 heavy (non-hydrogen) atoms. The molecule has 0 aliphatic carbocycles. The SMILES string of the molecule is CN(C)C(=O)CCOc1ccc(S(=O)(=O)Cl)cc1C(=O)O. The number of carboxylic acid groups (broad SMARTS) is 1. The molecule has 1 rings (SSSR count). The first kappa shape index (κ1) is 17.3. The molecule has 0 heterocycles. The number of rotatable bonds is 6. The second-order valence-corrected chi connectivity index (χ2v) is 6.85. The summed E-state index contributed by atoms with van der Waals surface area (Å²) in [7, 11) is 4.31. The zero-order chi connectivity index (χ0) is 16.2. The van der Waals surface area contributed by atoms with Gasteiger partial charge in [0, 0.05) is 24.8 Å². The third-order valence-corrected chi connectivity index (χ3v) is 3.89. The smallest absolute Gasteiger partial charge is 0.339 e. The number of nitrogens with zero attached hydrogens (tertiary/aromatic N) is 1. The predicted octanol–water partition coefficient (Wildman–Crippen LogP) is 1.17. The summed E-state index contributed by atoms with van der Waals surface area (Å²) in [6.07, 6.45) is 0.0710. The molecular weight excluding hydrogens is 322 g/mol. The zero-order valence-corrected chi connectivity index (χ0v) is 12.9. The molecule has 1 aromatic rings. The van der Waals surface area contributed by atoms with E-state index in [1.807, 2.05) is 0 Å². The molecule has 1 aromatic carbocycles. The van der Waals surface area contributed by atoms with Gasteiger partial charge in [0.05, 0.1) is 17.9 Å². The highest BCUT2D eigenvalue weighted by molar-refractivity contribution is 8.13. The van der Waals surface area contributed by atoms with Crippen molar-refractivity contribution in [2.45, 2.75) is 11.3 Å². The normalized spacial score (nSPS) is 11.0. The van der Waals surface area contributed by atoms with Crippen LogP contribution >= 0.6 is 10.7 Å². The first-order valence-electron chi connectivity index (χ1n) is 5.78. The van der Waals surface area contributed by atoms with Gasteiger partial charge in [-0.15, -0.1) is 0 Å². The third-order valence-electron chi connectivity index (χ3n) is 2.54. The van der Waals surface area contributed by atoms with Gasteiger partial charge in [0.1, 0.15) is 11.3 Å². The van der Waals surface area contributed by atoms with E-state index in [4.69, 9.17) is 20.5 Å². The molecule has 0 unspecified atom stereocenters. The fourth-order valence-electron chi connectivity index (χ4n) is 1.43. The summed E-state index contributed by atoms with van der Waals surface area (Å²) in [6.45, 7) is -0.0235. The molecule has 9 heteroatoms. The second kappa shape index (κ2) is 6.77. The van der Waals surface area contributed by atoms with E-state index in [1.165, 1.54) is 11.0 Å². The Balaban J connectivity index is 2.93. The number of carboxylic acids is 1. The molecule has 0 saturated carbocycles. The number of halogens is 1. The van der Waals surface area contributed by atoms with Gasteiger partial charge in [-0.3, -0.25) is 4.79 Å². The number of aromatic carboxylic acids is 1. The van der Waals surface area contributed by atoms with Crippen molar-refractivity contribution >= 4 is 31.6 Å². The Labute approximate surface area is 126 Å². The van der Waals surface area contributed by atoms with Crippen LogP contribution in [-0.2, 0) is 13.8 Å². The average molecular weight is 336 g/mol. The fraction of sp³-hybridized carbons (Fsp3) is 0.333. The number of hydrogen-bond donors (Lipinski definition) is 1. The second-order valence-electron chi connectivity index (χ2n) is 4.29. The lowest BCUT2D eigenvalue weighted by atomic mass is 10.2. The number of carbonyl (C=O) groups is 2. The van der Waals surface area contributed by atoms with Crippen LogP contribution in [0.5, 0.6) is 5.75 Å². The number of amides is 1. The minimum absolute atomic E-state index is 0.0235. The Bertz CT molecular complexity index is 656. The third kappa shape index (κ3) is 4.91. The predicted molar refractivity (Wildman–Crippen MR) is 75.2 cm³/mol. The van der Waals surface area contributed by atoms with E-state index in [-0.39, 0.29) is 35.1 Å². The molecule has 1 amide bonds. The first-order valence-corrected chi connectivity index (χ1v) is 8.09. The maximum atomic E-state index is 11.4. The van der Waals surface area contributed by atoms with Gasteiger partial charge in [-0.05, 0) is 18.2 Å². The van der Waals surface area contributed by atoms with Crippen LogP contribution in [0.1, 0.15) is 16.8 Å². The van der Waals surface area contributed by atoms with Gasteiger partial charge in [-0.2, -0.15) is 0 Å². The molecule has 1 N–H and O–H groups in total. The molecule has 0 aliphatic heterocycles. The number of carbonyl (C=O) groups excluding carboxylic acids is 1. The molecule has 0 aliphatic rings. The molecule has 0 aromatic heterocycles. The molecule has 0 fully saturated rings. The molecular formula is C12H14ClNO6S. The van der Waals surface area contributed by atoms with E-state index in [0.717, 1.165) is 12.1 Å². The number of benzene rings is 1. The molecule has 7 nitrogen and oxygen atoms in total. The number of ether oxygens (including phenoxy) is 1. The van der Waals surface area contributed by atoms with Crippen molar-refractivity contribution in [1.82, 2.24) is 4.90 Å². The van der Waals surface area contributed by atoms with Crippen LogP contribution in [0.3, 0.4) is 0 Å². The maximum Gasteiger partial charge on any atom is 0.339 e. The van der Waals surface area contributed by atoms with E-state index in [9.17, 15) is 18.0 Å². The molecule has 0 radical (unpaired) electrons. The van der Waals surface area contributed by atoms with Gasteiger partial charge in [0.25, 0.3) is 9.05 Å².